The Bertz CT molecular complexity index is 931. The Hall–Kier alpha value is -2.28. The molecule has 2 rings (SSSR count). The Morgan fingerprint density at radius 1 is 1.26 bits per heavy atom. The zero-order chi connectivity index (χ0) is 26.3. The molecule has 0 spiro atoms. The first-order valence-electron chi connectivity index (χ1n) is 11.4. The summed E-state index contributed by atoms with van der Waals surface area (Å²) in [6.07, 6.45) is 2.14. The summed E-state index contributed by atoms with van der Waals surface area (Å²) in [4.78, 5) is 52.9. The van der Waals surface area contributed by atoms with Crippen molar-refractivity contribution < 1.29 is 24.4 Å². The molecule has 0 saturated carbocycles. The Morgan fingerprint density at radius 3 is 2.43 bits per heavy atom. The van der Waals surface area contributed by atoms with Gasteiger partial charge < -0.3 is 21.7 Å². The molecule has 1 aromatic carbocycles. The highest BCUT2D eigenvalue weighted by atomic mass is 32.2. The van der Waals surface area contributed by atoms with Crippen molar-refractivity contribution in [1.29, 1.82) is 0 Å². The van der Waals surface area contributed by atoms with Gasteiger partial charge in [0.25, 0.3) is 5.91 Å². The van der Waals surface area contributed by atoms with Crippen molar-refractivity contribution >= 4 is 48.0 Å². The number of nitrogens with zero attached hydrogens (tertiary/aromatic N) is 2. The van der Waals surface area contributed by atoms with Crippen LogP contribution in [-0.2, 0) is 32.1 Å². The summed E-state index contributed by atoms with van der Waals surface area (Å²) in [5.41, 5.74) is 12.9. The number of rotatable bonds is 11. The van der Waals surface area contributed by atoms with E-state index in [1.54, 1.807) is 13.8 Å². The quantitative estimate of drug-likeness (QED) is 0.156. The number of nitrogens with one attached hydrogen (secondary N) is 1. The number of hydroxylamine groups is 2. The molecular formula is C23H35N5O5S2. The van der Waals surface area contributed by atoms with Crippen LogP contribution in [0.15, 0.2) is 24.3 Å². The van der Waals surface area contributed by atoms with Crippen molar-refractivity contribution in [3.05, 3.63) is 35.4 Å². The number of thioether (sulfide) groups is 1. The Balaban J connectivity index is 2.41. The molecule has 0 saturated heterocycles. The number of fused-ring (bicyclic) bond motifs is 1. The first-order valence-corrected chi connectivity index (χ1v) is 13.4. The molecule has 4 atom stereocenters. The summed E-state index contributed by atoms with van der Waals surface area (Å²) in [5.74, 6) is -2.36. The number of carbonyl (C=O) groups is 4. The highest BCUT2D eigenvalue weighted by Gasteiger charge is 2.42. The van der Waals surface area contributed by atoms with Crippen molar-refractivity contribution in [1.82, 2.24) is 15.3 Å². The normalized spacial score (nSPS) is 17.8. The van der Waals surface area contributed by atoms with Crippen LogP contribution in [0, 0.1) is 5.92 Å². The van der Waals surface area contributed by atoms with Gasteiger partial charge in [-0.3, -0.25) is 24.4 Å². The topological polar surface area (TPSA) is 159 Å². The third-order valence-corrected chi connectivity index (χ3v) is 7.06. The standard InChI is InChI=1S/C23H35N5O5S2/c1-13(2)19(26-21(30)16(24)12-34)23(32)27-11-15-7-5-4-6-14(15)10-18(27)22(31)28(33)17(20(25)29)8-9-35-3/h4-7,13,16-19,33-34H,8-12,24H2,1-3H3,(H2,25,29)(H,26,30)/t16-,17-,18+,19-/m0/s1. The van der Waals surface area contributed by atoms with Gasteiger partial charge in [-0.25, -0.2) is 5.06 Å². The molecule has 0 bridgehead atoms. The van der Waals surface area contributed by atoms with Crippen molar-refractivity contribution in [3.8, 4) is 0 Å². The number of thiol groups is 1. The number of carbonyl (C=O) groups excluding carboxylic acids is 4. The van der Waals surface area contributed by atoms with Gasteiger partial charge in [0.05, 0.1) is 6.04 Å². The van der Waals surface area contributed by atoms with Crippen molar-refractivity contribution in [2.75, 3.05) is 17.8 Å². The third-order valence-electron chi connectivity index (χ3n) is 6.03. The van der Waals surface area contributed by atoms with E-state index in [0.29, 0.717) is 10.8 Å². The maximum absolute atomic E-state index is 13.7. The molecule has 0 aliphatic carbocycles. The second-order valence-electron chi connectivity index (χ2n) is 8.86. The Kier molecular flexibility index (Phi) is 10.9. The molecule has 10 nitrogen and oxygen atoms in total. The van der Waals surface area contributed by atoms with Crippen molar-refractivity contribution in [2.24, 2.45) is 17.4 Å². The number of amides is 4. The zero-order valence-electron chi connectivity index (χ0n) is 20.2. The number of primary amides is 1. The minimum Gasteiger partial charge on any atom is -0.368 e. The van der Waals surface area contributed by atoms with Gasteiger partial charge >= 0.3 is 0 Å². The minimum absolute atomic E-state index is 0.100. The fourth-order valence-corrected chi connectivity index (χ4v) is 4.56. The lowest BCUT2D eigenvalue weighted by Gasteiger charge is -2.40. The minimum atomic E-state index is -1.22. The third kappa shape index (κ3) is 7.12. The highest BCUT2D eigenvalue weighted by molar-refractivity contribution is 7.98. The summed E-state index contributed by atoms with van der Waals surface area (Å²) >= 11 is 5.49. The number of hydrogen-bond acceptors (Lipinski definition) is 8. The lowest BCUT2D eigenvalue weighted by molar-refractivity contribution is -0.186. The van der Waals surface area contributed by atoms with E-state index < -0.39 is 47.8 Å². The van der Waals surface area contributed by atoms with Crippen LogP contribution in [0.25, 0.3) is 0 Å². The lowest BCUT2D eigenvalue weighted by Crippen LogP contribution is -2.61. The van der Waals surface area contributed by atoms with Crippen LogP contribution in [-0.4, -0.2) is 80.7 Å². The summed E-state index contributed by atoms with van der Waals surface area (Å²) in [6.45, 7) is 3.64. The van der Waals surface area contributed by atoms with Crippen LogP contribution >= 0.6 is 24.4 Å². The first-order chi connectivity index (χ1) is 16.5. The number of nitrogens with two attached hydrogens (primary N) is 2. The molecule has 35 heavy (non-hydrogen) atoms. The van der Waals surface area contributed by atoms with Gasteiger partial charge in [0.1, 0.15) is 18.1 Å². The van der Waals surface area contributed by atoms with E-state index in [2.05, 4.69) is 17.9 Å². The molecule has 194 valence electrons. The zero-order valence-corrected chi connectivity index (χ0v) is 21.9. The average Bonchev–Trinajstić information content (AvgIpc) is 2.84. The van der Waals surface area contributed by atoms with E-state index >= 15 is 0 Å². The lowest BCUT2D eigenvalue weighted by atomic mass is 9.91. The molecule has 1 heterocycles. The van der Waals surface area contributed by atoms with Gasteiger partial charge in [0.15, 0.2) is 0 Å². The Labute approximate surface area is 215 Å². The van der Waals surface area contributed by atoms with Gasteiger partial charge in [-0.15, -0.1) is 0 Å². The largest absolute Gasteiger partial charge is 0.368 e. The second kappa shape index (κ2) is 13.1. The van der Waals surface area contributed by atoms with Crippen LogP contribution < -0.4 is 16.8 Å². The molecule has 1 aromatic rings. The van der Waals surface area contributed by atoms with Gasteiger partial charge in [-0.1, -0.05) is 38.1 Å². The molecule has 6 N–H and O–H groups in total. The van der Waals surface area contributed by atoms with E-state index in [-0.39, 0.29) is 31.1 Å². The van der Waals surface area contributed by atoms with E-state index in [4.69, 9.17) is 11.5 Å². The maximum atomic E-state index is 13.7. The summed E-state index contributed by atoms with van der Waals surface area (Å²) < 4.78 is 0. The summed E-state index contributed by atoms with van der Waals surface area (Å²) in [6, 6.07) is 3.21. The van der Waals surface area contributed by atoms with Gasteiger partial charge in [-0.05, 0) is 35.5 Å². The predicted molar refractivity (Wildman–Crippen MR) is 138 cm³/mol. The van der Waals surface area contributed by atoms with Gasteiger partial charge in [0.2, 0.25) is 17.7 Å². The van der Waals surface area contributed by atoms with E-state index in [1.165, 1.54) is 16.7 Å². The molecule has 0 unspecified atom stereocenters. The second-order valence-corrected chi connectivity index (χ2v) is 10.2. The van der Waals surface area contributed by atoms with Crippen LogP contribution in [0.2, 0.25) is 0 Å². The number of benzene rings is 1. The molecule has 1 aliphatic rings. The van der Waals surface area contributed by atoms with Crippen LogP contribution in [0.3, 0.4) is 0 Å². The van der Waals surface area contributed by atoms with Crippen molar-refractivity contribution in [2.45, 2.75) is 57.4 Å². The molecule has 0 fully saturated rings. The van der Waals surface area contributed by atoms with Gasteiger partial charge in [0, 0.05) is 18.7 Å². The fraction of sp³-hybridized carbons (Fsp3) is 0.565. The predicted octanol–water partition coefficient (Wildman–Crippen LogP) is 0.163. The molecule has 12 heteroatoms. The van der Waals surface area contributed by atoms with E-state index in [1.807, 2.05) is 30.5 Å². The SMILES string of the molecule is CSCC[C@@H](C(N)=O)N(O)C(=O)[C@H]1Cc2ccccc2CN1C(=O)[C@@H](NC(=O)[C@@H](N)CS)C(C)C. The van der Waals surface area contributed by atoms with Crippen LogP contribution in [0.5, 0.6) is 0 Å². The Morgan fingerprint density at radius 2 is 1.89 bits per heavy atom. The van der Waals surface area contributed by atoms with Crippen LogP contribution in [0.1, 0.15) is 31.4 Å². The monoisotopic (exact) mass is 525 g/mol. The maximum Gasteiger partial charge on any atom is 0.269 e. The summed E-state index contributed by atoms with van der Waals surface area (Å²) in [5, 5.41) is 13.7. The summed E-state index contributed by atoms with van der Waals surface area (Å²) in [7, 11) is 0. The molecular weight excluding hydrogens is 490 g/mol. The molecule has 1 aliphatic heterocycles. The first kappa shape index (κ1) is 29.0. The van der Waals surface area contributed by atoms with Crippen molar-refractivity contribution in [3.63, 3.8) is 0 Å². The molecule has 4 amide bonds. The van der Waals surface area contributed by atoms with Crippen LogP contribution in [0.4, 0.5) is 0 Å². The van der Waals surface area contributed by atoms with E-state index in [0.717, 1.165) is 11.1 Å². The fourth-order valence-electron chi connectivity index (χ4n) is 3.93. The molecule has 0 radical (unpaired) electrons. The highest BCUT2D eigenvalue weighted by Crippen LogP contribution is 2.27. The molecule has 0 aromatic heterocycles. The van der Waals surface area contributed by atoms with Gasteiger partial charge in [-0.2, -0.15) is 24.4 Å². The average molecular weight is 526 g/mol. The van der Waals surface area contributed by atoms with E-state index in [9.17, 15) is 24.4 Å². The smallest absolute Gasteiger partial charge is 0.269 e. The number of hydrogen-bond donors (Lipinski definition) is 5.